The largest absolute Gasteiger partial charge is 0.457 e. The van der Waals surface area contributed by atoms with E-state index in [9.17, 15) is 4.79 Å². The molecule has 5 rings (SSSR count). The molecule has 0 saturated carbocycles. The van der Waals surface area contributed by atoms with Crippen molar-refractivity contribution in [2.45, 2.75) is 20.4 Å². The number of thiazole rings is 1. The molecule has 0 spiro atoms. The Hall–Kier alpha value is -3.97. The number of ether oxygens (including phenoxy) is 1. The molecule has 3 aromatic carbocycles. The van der Waals surface area contributed by atoms with Crippen molar-refractivity contribution < 1.29 is 9.53 Å². The molecule has 1 amide bonds. The normalized spacial score (nSPS) is 11.0. The van der Waals surface area contributed by atoms with Crippen LogP contribution in [0.1, 0.15) is 21.7 Å². The second-order valence-corrected chi connectivity index (χ2v) is 9.02. The van der Waals surface area contributed by atoms with Gasteiger partial charge in [0.1, 0.15) is 11.5 Å². The number of carbonyl (C=O) groups is 1. The smallest absolute Gasteiger partial charge is 0.260 e. The predicted molar refractivity (Wildman–Crippen MR) is 136 cm³/mol. The highest BCUT2D eigenvalue weighted by atomic mass is 32.1. The first kappa shape index (κ1) is 21.9. The quantitative estimate of drug-likeness (QED) is 0.283. The molecule has 0 aliphatic heterocycles. The minimum atomic E-state index is -0.105. The van der Waals surface area contributed by atoms with E-state index in [0.717, 1.165) is 27.4 Å². The zero-order valence-electron chi connectivity index (χ0n) is 19.0. The molecule has 2 aromatic heterocycles. The van der Waals surface area contributed by atoms with E-state index in [1.165, 1.54) is 11.3 Å². The monoisotopic (exact) mass is 468 g/mol. The van der Waals surface area contributed by atoms with Gasteiger partial charge in [0.2, 0.25) is 0 Å². The van der Waals surface area contributed by atoms with Crippen LogP contribution in [0.4, 0.5) is 5.13 Å². The Balaban J connectivity index is 1.41. The Labute approximate surface area is 202 Å². The van der Waals surface area contributed by atoms with Gasteiger partial charge in [0.15, 0.2) is 5.13 Å². The first-order valence-corrected chi connectivity index (χ1v) is 11.9. The van der Waals surface area contributed by atoms with Crippen LogP contribution in [0.25, 0.3) is 10.2 Å². The number of aryl methyl sites for hydroxylation is 2. The van der Waals surface area contributed by atoms with E-state index in [1.807, 2.05) is 91.3 Å². The molecule has 0 aliphatic carbocycles. The molecule has 0 N–H and O–H groups in total. The minimum absolute atomic E-state index is 0.105. The molecular weight excluding hydrogens is 444 g/mol. The van der Waals surface area contributed by atoms with Gasteiger partial charge in [-0.2, -0.15) is 5.10 Å². The first-order chi connectivity index (χ1) is 16.6. The number of hydrogen-bond donors (Lipinski definition) is 0. The van der Waals surface area contributed by atoms with Gasteiger partial charge in [-0.1, -0.05) is 41.7 Å². The minimum Gasteiger partial charge on any atom is -0.457 e. The Kier molecular flexibility index (Phi) is 6.10. The molecule has 0 atom stereocenters. The van der Waals surface area contributed by atoms with Crippen molar-refractivity contribution in [3.05, 3.63) is 102 Å². The van der Waals surface area contributed by atoms with Crippen LogP contribution in [-0.4, -0.2) is 27.2 Å². The van der Waals surface area contributed by atoms with Crippen LogP contribution in [0.5, 0.6) is 11.5 Å². The van der Waals surface area contributed by atoms with Gasteiger partial charge in [-0.05, 0) is 68.4 Å². The summed E-state index contributed by atoms with van der Waals surface area (Å²) in [6, 6.07) is 26.8. The van der Waals surface area contributed by atoms with Crippen molar-refractivity contribution in [1.82, 2.24) is 14.8 Å². The molecule has 0 unspecified atom stereocenters. The summed E-state index contributed by atoms with van der Waals surface area (Å²) >= 11 is 1.52. The summed E-state index contributed by atoms with van der Waals surface area (Å²) in [6.07, 6.45) is 0. The molecule has 0 radical (unpaired) electrons. The third kappa shape index (κ3) is 4.70. The van der Waals surface area contributed by atoms with Gasteiger partial charge < -0.3 is 4.74 Å². The van der Waals surface area contributed by atoms with Crippen LogP contribution in [0, 0.1) is 13.8 Å². The van der Waals surface area contributed by atoms with Crippen LogP contribution >= 0.6 is 11.3 Å². The standard InChI is InChI=1S/C27H24N4O2S/c1-19-18-20(2)31(29-19)17-16-30(27-28-24-10-6-7-11-25(24)34-27)26(32)21-12-14-23(15-13-21)33-22-8-4-3-5-9-22/h3-15,18H,16-17H2,1-2H3. The first-order valence-electron chi connectivity index (χ1n) is 11.1. The maximum absolute atomic E-state index is 13.6. The summed E-state index contributed by atoms with van der Waals surface area (Å²) in [4.78, 5) is 20.1. The summed E-state index contributed by atoms with van der Waals surface area (Å²) in [5.41, 5.74) is 3.49. The number of anilines is 1. The highest BCUT2D eigenvalue weighted by molar-refractivity contribution is 7.22. The van der Waals surface area contributed by atoms with Crippen LogP contribution < -0.4 is 9.64 Å². The molecule has 6 nitrogen and oxygen atoms in total. The van der Waals surface area contributed by atoms with E-state index in [-0.39, 0.29) is 5.91 Å². The van der Waals surface area contributed by atoms with E-state index in [2.05, 4.69) is 5.10 Å². The second kappa shape index (κ2) is 9.49. The van der Waals surface area contributed by atoms with Crippen LogP contribution in [0.3, 0.4) is 0 Å². The average Bonchev–Trinajstić information content (AvgIpc) is 3.42. The molecule has 0 aliphatic rings. The summed E-state index contributed by atoms with van der Waals surface area (Å²) in [5, 5.41) is 5.23. The van der Waals surface area contributed by atoms with Crippen LogP contribution in [-0.2, 0) is 6.54 Å². The van der Waals surface area contributed by atoms with Gasteiger partial charge in [-0.25, -0.2) is 4.98 Å². The number of aromatic nitrogens is 3. The van der Waals surface area contributed by atoms with Gasteiger partial charge in [-0.15, -0.1) is 0 Å². The van der Waals surface area contributed by atoms with Crippen molar-refractivity contribution >= 4 is 32.6 Å². The number of hydrogen-bond acceptors (Lipinski definition) is 5. The number of nitrogens with zero attached hydrogens (tertiary/aromatic N) is 4. The van der Waals surface area contributed by atoms with E-state index in [1.54, 1.807) is 17.0 Å². The maximum atomic E-state index is 13.6. The molecule has 34 heavy (non-hydrogen) atoms. The fourth-order valence-electron chi connectivity index (χ4n) is 3.80. The fourth-order valence-corrected chi connectivity index (χ4v) is 4.79. The van der Waals surface area contributed by atoms with Gasteiger partial charge in [0.25, 0.3) is 5.91 Å². The Morgan fingerprint density at radius 2 is 1.65 bits per heavy atom. The van der Waals surface area contributed by atoms with Gasteiger partial charge in [0, 0.05) is 17.8 Å². The molecule has 2 heterocycles. The third-order valence-electron chi connectivity index (χ3n) is 5.48. The number of benzene rings is 3. The highest BCUT2D eigenvalue weighted by Crippen LogP contribution is 2.30. The van der Waals surface area contributed by atoms with Crippen LogP contribution in [0.2, 0.25) is 0 Å². The van der Waals surface area contributed by atoms with Crippen molar-refractivity contribution in [2.75, 3.05) is 11.4 Å². The van der Waals surface area contributed by atoms with Crippen molar-refractivity contribution in [3.63, 3.8) is 0 Å². The lowest BCUT2D eigenvalue weighted by molar-refractivity contribution is 0.0985. The van der Waals surface area contributed by atoms with Crippen molar-refractivity contribution in [2.24, 2.45) is 0 Å². The van der Waals surface area contributed by atoms with E-state index in [4.69, 9.17) is 9.72 Å². The van der Waals surface area contributed by atoms with Gasteiger partial charge >= 0.3 is 0 Å². The lowest BCUT2D eigenvalue weighted by atomic mass is 10.2. The Bertz CT molecular complexity index is 1390. The van der Waals surface area contributed by atoms with E-state index in [0.29, 0.717) is 29.5 Å². The van der Waals surface area contributed by atoms with Crippen molar-refractivity contribution in [3.8, 4) is 11.5 Å². The molecular formula is C27H24N4O2S. The SMILES string of the molecule is Cc1cc(C)n(CCN(C(=O)c2ccc(Oc3ccccc3)cc2)c2nc3ccccc3s2)n1. The Morgan fingerprint density at radius 3 is 2.35 bits per heavy atom. The second-order valence-electron chi connectivity index (χ2n) is 8.01. The number of para-hydroxylation sites is 2. The van der Waals surface area contributed by atoms with Gasteiger partial charge in [-0.3, -0.25) is 14.4 Å². The predicted octanol–water partition coefficient (Wildman–Crippen LogP) is 6.25. The summed E-state index contributed by atoms with van der Waals surface area (Å²) < 4.78 is 8.85. The van der Waals surface area contributed by atoms with E-state index >= 15 is 0 Å². The lowest BCUT2D eigenvalue weighted by Crippen LogP contribution is -2.34. The van der Waals surface area contributed by atoms with Gasteiger partial charge in [0.05, 0.1) is 22.5 Å². The third-order valence-corrected chi connectivity index (χ3v) is 6.54. The zero-order valence-corrected chi connectivity index (χ0v) is 19.8. The van der Waals surface area contributed by atoms with Crippen LogP contribution in [0.15, 0.2) is 84.9 Å². The van der Waals surface area contributed by atoms with E-state index < -0.39 is 0 Å². The number of rotatable bonds is 7. The zero-order chi connectivity index (χ0) is 23.5. The maximum Gasteiger partial charge on any atom is 0.260 e. The van der Waals surface area contributed by atoms with Crippen molar-refractivity contribution in [1.29, 1.82) is 0 Å². The summed E-state index contributed by atoms with van der Waals surface area (Å²) in [6.45, 7) is 5.04. The molecule has 5 aromatic rings. The summed E-state index contributed by atoms with van der Waals surface area (Å²) in [5.74, 6) is 1.33. The molecule has 0 fully saturated rings. The number of amides is 1. The highest BCUT2D eigenvalue weighted by Gasteiger charge is 2.22. The average molecular weight is 469 g/mol. The fraction of sp³-hybridized carbons (Fsp3) is 0.148. The molecule has 0 bridgehead atoms. The lowest BCUT2D eigenvalue weighted by Gasteiger charge is -2.20. The molecule has 170 valence electrons. The molecule has 7 heteroatoms. The Morgan fingerprint density at radius 1 is 0.941 bits per heavy atom. The topological polar surface area (TPSA) is 60.2 Å². The number of carbonyl (C=O) groups excluding carboxylic acids is 1. The molecule has 0 saturated heterocycles. The number of fused-ring (bicyclic) bond motifs is 1. The summed E-state index contributed by atoms with van der Waals surface area (Å²) in [7, 11) is 0.